The summed E-state index contributed by atoms with van der Waals surface area (Å²) in [5, 5.41) is 9.51. The van der Waals surface area contributed by atoms with E-state index in [4.69, 9.17) is 48.7 Å². The number of nitrogens with one attached hydrogen (secondary N) is 1. The van der Waals surface area contributed by atoms with Crippen molar-refractivity contribution >= 4 is 98.4 Å². The van der Waals surface area contributed by atoms with Gasteiger partial charge in [-0.15, -0.1) is 10.5 Å². The van der Waals surface area contributed by atoms with E-state index in [9.17, 15) is 0 Å². The lowest BCUT2D eigenvalue weighted by Gasteiger charge is -2.24. The van der Waals surface area contributed by atoms with Crippen LogP contribution in [-0.4, -0.2) is 62.9 Å². The fraction of sp³-hybridized carbons (Fsp3) is 0.0247. The Labute approximate surface area is 540 Å². The van der Waals surface area contributed by atoms with Crippen LogP contribution in [0, 0.1) is 0 Å². The van der Waals surface area contributed by atoms with E-state index in [0.29, 0.717) is 40.3 Å². The van der Waals surface area contributed by atoms with Gasteiger partial charge in [-0.3, -0.25) is 4.98 Å². The lowest BCUT2D eigenvalue weighted by molar-refractivity contribution is 0.653. The Morgan fingerprint density at radius 1 is 0.415 bits per heavy atom. The summed E-state index contributed by atoms with van der Waals surface area (Å²) in [5.41, 5.74) is 17.9. The molecule has 19 rings (SSSR count). The molecule has 10 aromatic carbocycles. The van der Waals surface area contributed by atoms with Gasteiger partial charge in [-0.25, -0.2) is 29.9 Å². The number of benzene rings is 10. The normalized spacial score (nSPS) is 14.7. The predicted octanol–water partition coefficient (Wildman–Crippen LogP) is 18.3. The minimum atomic E-state index is -0.463. The second kappa shape index (κ2) is 21.7. The Bertz CT molecular complexity index is 5930. The Balaban J connectivity index is 0.681. The van der Waals surface area contributed by atoms with Gasteiger partial charge in [-0.2, -0.15) is 4.98 Å². The first-order valence-corrected chi connectivity index (χ1v) is 32.6. The molecule has 16 aromatic rings. The van der Waals surface area contributed by atoms with Gasteiger partial charge >= 0.3 is 0 Å². The summed E-state index contributed by atoms with van der Waals surface area (Å²) in [7, 11) is -0.288. The largest absolute Gasteiger partial charge is 0.456 e. The van der Waals surface area contributed by atoms with E-state index in [-0.39, 0.29) is 10.5 Å². The van der Waals surface area contributed by atoms with E-state index in [1.54, 1.807) is 0 Å². The van der Waals surface area contributed by atoms with Gasteiger partial charge < -0.3 is 18.7 Å². The van der Waals surface area contributed by atoms with Crippen LogP contribution >= 0.6 is 10.5 Å². The van der Waals surface area contributed by atoms with Crippen LogP contribution in [0.25, 0.3) is 134 Å². The number of para-hydroxylation sites is 3. The Morgan fingerprint density at radius 2 is 1.00 bits per heavy atom. The number of fused-ring (bicyclic) bond motifs is 14. The molecule has 442 valence electrons. The monoisotopic (exact) mass is 1230 g/mol. The molecule has 0 fully saturated rings. The lowest BCUT2D eigenvalue weighted by atomic mass is 9.98. The third-order valence-electron chi connectivity index (χ3n) is 18.1. The Kier molecular flexibility index (Phi) is 12.3. The van der Waals surface area contributed by atoms with Gasteiger partial charge in [-0.05, 0) is 107 Å². The average Bonchev–Trinajstić information content (AvgIpc) is 1.62. The molecule has 1 unspecified atom stereocenters. The number of aliphatic imine (C=N–C) groups is 2. The molecule has 6 aromatic heterocycles. The van der Waals surface area contributed by atoms with Crippen molar-refractivity contribution in [1.29, 1.82) is 0 Å². The number of nitrogens with zero attached hydrogens (tertiary/aromatic N) is 9. The smallest absolute Gasteiger partial charge is 0.231 e. The van der Waals surface area contributed by atoms with Crippen molar-refractivity contribution in [2.45, 2.75) is 11.1 Å². The molecule has 0 radical (unpaired) electrons. The summed E-state index contributed by atoms with van der Waals surface area (Å²) < 4.78 is 15.1. The molecule has 0 saturated carbocycles. The van der Waals surface area contributed by atoms with Crippen molar-refractivity contribution in [2.75, 3.05) is 5.75 Å². The van der Waals surface area contributed by atoms with Gasteiger partial charge in [0.05, 0.1) is 16.4 Å². The molecule has 1 N–H and O–H groups in total. The molecule has 0 saturated heterocycles. The second-order valence-electron chi connectivity index (χ2n) is 23.6. The van der Waals surface area contributed by atoms with Gasteiger partial charge in [0, 0.05) is 93.9 Å². The van der Waals surface area contributed by atoms with Crippen LogP contribution in [0.1, 0.15) is 22.3 Å². The molecular weight excluding hydrogens is 1180 g/mol. The summed E-state index contributed by atoms with van der Waals surface area (Å²) in [5.74, 6) is 4.32. The molecular formula is C81H50N10O2S. The molecule has 0 amide bonds. The van der Waals surface area contributed by atoms with Gasteiger partial charge in [0.1, 0.15) is 34.1 Å². The molecule has 9 heterocycles. The van der Waals surface area contributed by atoms with Crippen molar-refractivity contribution in [3.63, 3.8) is 0 Å². The lowest BCUT2D eigenvalue weighted by Crippen LogP contribution is -2.38. The maximum Gasteiger partial charge on any atom is 0.231 e. The molecule has 94 heavy (non-hydrogen) atoms. The first-order chi connectivity index (χ1) is 46.5. The second-order valence-corrected chi connectivity index (χ2v) is 25.5. The zero-order chi connectivity index (χ0) is 61.8. The summed E-state index contributed by atoms with van der Waals surface area (Å²) in [4.78, 5) is 44.1. The quantitative estimate of drug-likeness (QED) is 0.132. The zero-order valence-electron chi connectivity index (χ0n) is 50.1. The number of amidine groups is 2. The molecule has 3 aliphatic heterocycles. The van der Waals surface area contributed by atoms with Crippen molar-refractivity contribution in [2.24, 2.45) is 9.98 Å². The predicted molar refractivity (Wildman–Crippen MR) is 380 cm³/mol. The summed E-state index contributed by atoms with van der Waals surface area (Å²) in [6, 6.07) is 87.8. The van der Waals surface area contributed by atoms with Gasteiger partial charge in [0.25, 0.3) is 0 Å². The van der Waals surface area contributed by atoms with Crippen molar-refractivity contribution < 1.29 is 8.83 Å². The van der Waals surface area contributed by atoms with Crippen molar-refractivity contribution in [3.05, 3.63) is 307 Å². The standard InChI is InChI=1S/C81H50N10O2S/c1-4-17-49(18-5-1)74-84-75(50-19-6-2-7-20-50)87-79(86-74)60-37-40-70(94-47-64(60)59-41-42-82-46-71(59)94)53-33-38-66-62(44-53)57-25-10-13-28-65(57)91(66)56-35-31-48(32-36-56)52-23-16-24-54(43-52)78-85-76(51-21-8-3-9-22-51)88-80(89-78)73-72-61-27-12-15-30-68(61)93-81(72)90-77(83-73)55-34-39-69-63(45-55)58-26-11-14-29-67(58)92-69/h1-46,79H,47H2,(H,84,86,87). The molecule has 0 aliphatic carbocycles. The highest BCUT2D eigenvalue weighted by Gasteiger charge is 2.32. The van der Waals surface area contributed by atoms with Crippen LogP contribution in [0.15, 0.2) is 309 Å². The maximum atomic E-state index is 6.53. The third kappa shape index (κ3) is 8.96. The van der Waals surface area contributed by atoms with Crippen LogP contribution in [0.5, 0.6) is 0 Å². The number of pyridine rings is 1. The van der Waals surface area contributed by atoms with Crippen LogP contribution in [0.2, 0.25) is 0 Å². The minimum absolute atomic E-state index is 0.288. The fourth-order valence-electron chi connectivity index (χ4n) is 13.6. The van der Waals surface area contributed by atoms with Gasteiger partial charge in [0.15, 0.2) is 29.5 Å². The molecule has 1 atom stereocenters. The van der Waals surface area contributed by atoms with Crippen LogP contribution in [-0.2, 0) is 0 Å². The third-order valence-corrected chi connectivity index (χ3v) is 20.4. The summed E-state index contributed by atoms with van der Waals surface area (Å²) in [6.45, 7) is 0. The van der Waals surface area contributed by atoms with E-state index in [0.717, 1.165) is 111 Å². The zero-order valence-corrected chi connectivity index (χ0v) is 50.9. The maximum absolute atomic E-state index is 6.53. The Morgan fingerprint density at radius 3 is 1.78 bits per heavy atom. The SMILES string of the molecule is C1=CC(c2ccc3c(c2)c2ccccc2n3-c2ccc(-c3cccc(-c4nc(-c5ccccc5)nc(-c5nc(-c6ccc7oc8ccccc8c7c6)nc6oc7ccccc7c56)n4)c3)cc2)=S2CC(=C1C1N=C(c3ccccc3)NC(c3ccccc3)=N1)c1ccncc12. The molecule has 12 nitrogen and oxygen atoms in total. The van der Waals surface area contributed by atoms with Gasteiger partial charge in [0.2, 0.25) is 5.71 Å². The van der Waals surface area contributed by atoms with Crippen molar-refractivity contribution in [3.8, 4) is 62.5 Å². The summed E-state index contributed by atoms with van der Waals surface area (Å²) >= 11 is 0. The van der Waals surface area contributed by atoms with Crippen LogP contribution in [0.4, 0.5) is 0 Å². The van der Waals surface area contributed by atoms with Crippen LogP contribution < -0.4 is 5.32 Å². The van der Waals surface area contributed by atoms with E-state index < -0.39 is 6.17 Å². The first-order valence-electron chi connectivity index (χ1n) is 31.2. The van der Waals surface area contributed by atoms with Crippen molar-refractivity contribution in [1.82, 2.24) is 39.8 Å². The first kappa shape index (κ1) is 53.5. The van der Waals surface area contributed by atoms with E-state index in [1.165, 1.54) is 37.2 Å². The molecule has 13 heteroatoms. The van der Waals surface area contributed by atoms with E-state index in [2.05, 4.69) is 186 Å². The molecule has 3 aliphatic rings. The number of hydrogen-bond acceptors (Lipinski definition) is 11. The number of rotatable bonds is 10. The Hall–Kier alpha value is -12.3. The minimum Gasteiger partial charge on any atom is -0.456 e. The molecule has 0 spiro atoms. The van der Waals surface area contributed by atoms with Crippen LogP contribution in [0.3, 0.4) is 0 Å². The highest BCUT2D eigenvalue weighted by Crippen LogP contribution is 2.50. The summed E-state index contributed by atoms with van der Waals surface area (Å²) in [6.07, 6.45) is 8.13. The topological polar surface area (TPSA) is 145 Å². The number of allylic oxidation sites excluding steroid dienone is 1. The number of aromatic nitrogens is 7. The van der Waals surface area contributed by atoms with Gasteiger partial charge in [-0.1, -0.05) is 188 Å². The number of furan rings is 2. The fourth-order valence-corrected chi connectivity index (χ4v) is 16.1. The highest BCUT2D eigenvalue weighted by molar-refractivity contribution is 8.17. The number of hydrogen-bond donors (Lipinski definition) is 1. The average molecular weight is 1230 g/mol. The van der Waals surface area contributed by atoms with E-state index >= 15 is 0 Å². The molecule has 2 bridgehead atoms. The highest BCUT2D eigenvalue weighted by atomic mass is 32.2. The van der Waals surface area contributed by atoms with E-state index in [1.807, 2.05) is 103 Å².